The van der Waals surface area contributed by atoms with Crippen LogP contribution in [-0.2, 0) is 6.54 Å². The maximum absolute atomic E-state index is 12.8. The quantitative estimate of drug-likeness (QED) is 0.665. The Hall–Kier alpha value is -2.22. The van der Waals surface area contributed by atoms with Gasteiger partial charge in [0, 0.05) is 48.2 Å². The third kappa shape index (κ3) is 4.21. The van der Waals surface area contributed by atoms with Gasteiger partial charge in [-0.05, 0) is 19.1 Å². The molecule has 0 spiro atoms. The largest absolute Gasteiger partial charge is 0.360 e. The van der Waals surface area contributed by atoms with E-state index in [9.17, 15) is 4.79 Å². The van der Waals surface area contributed by atoms with E-state index in [4.69, 9.17) is 16.1 Å². The van der Waals surface area contributed by atoms with Crippen molar-refractivity contribution < 1.29 is 9.32 Å². The molecule has 0 bridgehead atoms. The summed E-state index contributed by atoms with van der Waals surface area (Å²) in [6.45, 7) is 5.59. The average molecular weight is 403 g/mol. The Morgan fingerprint density at radius 2 is 2.07 bits per heavy atom. The van der Waals surface area contributed by atoms with Crippen LogP contribution in [0.2, 0.25) is 5.02 Å². The van der Waals surface area contributed by atoms with E-state index >= 15 is 0 Å². The fourth-order valence-electron chi connectivity index (χ4n) is 3.11. The van der Waals surface area contributed by atoms with Gasteiger partial charge in [-0.15, -0.1) is 11.3 Å². The maximum Gasteiger partial charge on any atom is 0.273 e. The molecule has 1 saturated heterocycles. The number of rotatable bonds is 4. The zero-order valence-electron chi connectivity index (χ0n) is 14.9. The fraction of sp³-hybridized carbons (Fsp3) is 0.316. The van der Waals surface area contributed by atoms with Crippen LogP contribution in [0, 0.1) is 6.92 Å². The van der Waals surface area contributed by atoms with E-state index in [0.29, 0.717) is 23.8 Å². The second-order valence-corrected chi connectivity index (χ2v) is 7.85. The minimum Gasteiger partial charge on any atom is -0.360 e. The Morgan fingerprint density at radius 1 is 1.26 bits per heavy atom. The molecule has 0 atom stereocenters. The number of benzene rings is 1. The van der Waals surface area contributed by atoms with Crippen molar-refractivity contribution in [2.45, 2.75) is 13.5 Å². The van der Waals surface area contributed by atoms with E-state index in [1.54, 1.807) is 0 Å². The first-order chi connectivity index (χ1) is 13.1. The van der Waals surface area contributed by atoms with Gasteiger partial charge in [-0.1, -0.05) is 28.9 Å². The summed E-state index contributed by atoms with van der Waals surface area (Å²) in [7, 11) is 0. The second-order valence-electron chi connectivity index (χ2n) is 6.55. The smallest absolute Gasteiger partial charge is 0.273 e. The molecule has 3 heterocycles. The van der Waals surface area contributed by atoms with E-state index < -0.39 is 0 Å². The maximum atomic E-state index is 12.8. The summed E-state index contributed by atoms with van der Waals surface area (Å²) in [5, 5.41) is 7.20. The van der Waals surface area contributed by atoms with Gasteiger partial charge in [-0.2, -0.15) is 0 Å². The molecular formula is C19H19ClN4O2S. The Morgan fingerprint density at radius 3 is 2.78 bits per heavy atom. The summed E-state index contributed by atoms with van der Waals surface area (Å²) >= 11 is 7.51. The lowest BCUT2D eigenvalue weighted by Gasteiger charge is -2.33. The number of nitrogens with zero attached hydrogens (tertiary/aromatic N) is 4. The van der Waals surface area contributed by atoms with Gasteiger partial charge in [0.1, 0.15) is 10.7 Å². The number of amides is 1. The predicted molar refractivity (Wildman–Crippen MR) is 105 cm³/mol. The van der Waals surface area contributed by atoms with E-state index in [1.807, 2.05) is 47.5 Å². The fourth-order valence-corrected chi connectivity index (χ4v) is 4.09. The van der Waals surface area contributed by atoms with Crippen LogP contribution in [0.4, 0.5) is 0 Å². The monoisotopic (exact) mass is 402 g/mol. The van der Waals surface area contributed by atoms with Crippen LogP contribution in [0.3, 0.4) is 0 Å². The summed E-state index contributed by atoms with van der Waals surface area (Å²) in [6.07, 6.45) is 0. The topological polar surface area (TPSA) is 62.5 Å². The number of aryl methyl sites for hydroxylation is 1. The molecule has 1 fully saturated rings. The van der Waals surface area contributed by atoms with E-state index in [2.05, 4.69) is 15.0 Å². The molecule has 3 aromatic rings. The number of thiazole rings is 1. The van der Waals surface area contributed by atoms with Gasteiger partial charge in [0.25, 0.3) is 5.91 Å². The summed E-state index contributed by atoms with van der Waals surface area (Å²) in [6, 6.07) is 9.46. The molecule has 0 unspecified atom stereocenters. The van der Waals surface area contributed by atoms with Gasteiger partial charge >= 0.3 is 0 Å². The summed E-state index contributed by atoms with van der Waals surface area (Å²) in [4.78, 5) is 21.4. The zero-order valence-corrected chi connectivity index (χ0v) is 16.5. The zero-order chi connectivity index (χ0) is 18.8. The highest BCUT2D eigenvalue weighted by Gasteiger charge is 2.24. The molecule has 4 rings (SSSR count). The highest BCUT2D eigenvalue weighted by atomic mass is 35.5. The van der Waals surface area contributed by atoms with Crippen molar-refractivity contribution in [3.63, 3.8) is 0 Å². The van der Waals surface area contributed by atoms with Crippen LogP contribution >= 0.6 is 22.9 Å². The summed E-state index contributed by atoms with van der Waals surface area (Å²) in [5.41, 5.74) is 2.31. The van der Waals surface area contributed by atoms with Crippen LogP contribution in [0.1, 0.15) is 21.9 Å². The van der Waals surface area contributed by atoms with Gasteiger partial charge in [-0.25, -0.2) is 4.98 Å². The Labute approximate surface area is 166 Å². The lowest BCUT2D eigenvalue weighted by Crippen LogP contribution is -2.48. The third-order valence-electron chi connectivity index (χ3n) is 4.51. The van der Waals surface area contributed by atoms with Crippen LogP contribution < -0.4 is 0 Å². The van der Waals surface area contributed by atoms with Gasteiger partial charge in [0.2, 0.25) is 0 Å². The van der Waals surface area contributed by atoms with Crippen LogP contribution in [0.5, 0.6) is 0 Å². The Balaban J connectivity index is 1.37. The van der Waals surface area contributed by atoms with Gasteiger partial charge in [0.05, 0.1) is 12.2 Å². The number of carbonyl (C=O) groups excluding carboxylic acids is 1. The molecule has 0 aliphatic carbocycles. The molecule has 0 saturated carbocycles. The molecule has 2 aromatic heterocycles. The first-order valence-electron chi connectivity index (χ1n) is 8.74. The molecule has 6 nitrogen and oxygen atoms in total. The molecule has 1 amide bonds. The average Bonchev–Trinajstić information content (AvgIpc) is 3.31. The molecule has 0 N–H and O–H groups in total. The highest BCUT2D eigenvalue weighted by molar-refractivity contribution is 7.13. The number of hydrogen-bond donors (Lipinski definition) is 0. The van der Waals surface area contributed by atoms with E-state index in [1.165, 1.54) is 11.3 Å². The number of hydrogen-bond acceptors (Lipinski definition) is 6. The van der Waals surface area contributed by atoms with E-state index in [0.717, 1.165) is 41.7 Å². The van der Waals surface area contributed by atoms with Crippen molar-refractivity contribution in [3.8, 4) is 10.6 Å². The van der Waals surface area contributed by atoms with Gasteiger partial charge < -0.3 is 9.42 Å². The first-order valence-corrected chi connectivity index (χ1v) is 9.99. The summed E-state index contributed by atoms with van der Waals surface area (Å²) in [5.74, 6) is 0.840. The molecule has 1 aliphatic rings. The SMILES string of the molecule is Cc1cc(CN2CCN(C(=O)c3csc(-c4cccc(Cl)c4)n3)CC2)on1. The minimum absolute atomic E-state index is 0.0188. The molecule has 1 aromatic carbocycles. The number of piperazine rings is 1. The van der Waals surface area contributed by atoms with Gasteiger partial charge in [0.15, 0.2) is 5.76 Å². The molecular weight excluding hydrogens is 384 g/mol. The number of carbonyl (C=O) groups is 1. The molecule has 140 valence electrons. The van der Waals surface area contributed by atoms with Crippen molar-refractivity contribution in [2.75, 3.05) is 26.2 Å². The summed E-state index contributed by atoms with van der Waals surface area (Å²) < 4.78 is 5.27. The van der Waals surface area contributed by atoms with Crippen molar-refractivity contribution >= 4 is 28.8 Å². The van der Waals surface area contributed by atoms with Crippen molar-refractivity contribution in [3.05, 3.63) is 57.9 Å². The lowest BCUT2D eigenvalue weighted by molar-refractivity contribution is 0.0612. The van der Waals surface area contributed by atoms with Crippen molar-refractivity contribution in [1.29, 1.82) is 0 Å². The Kier molecular flexibility index (Phi) is 5.24. The normalized spacial score (nSPS) is 15.3. The highest BCUT2D eigenvalue weighted by Crippen LogP contribution is 2.26. The lowest BCUT2D eigenvalue weighted by atomic mass is 10.2. The minimum atomic E-state index is -0.0188. The third-order valence-corrected chi connectivity index (χ3v) is 5.64. The number of aromatic nitrogens is 2. The molecule has 27 heavy (non-hydrogen) atoms. The van der Waals surface area contributed by atoms with E-state index in [-0.39, 0.29) is 5.91 Å². The number of halogens is 1. The van der Waals surface area contributed by atoms with Crippen LogP contribution in [-0.4, -0.2) is 52.0 Å². The molecule has 8 heteroatoms. The van der Waals surface area contributed by atoms with Crippen molar-refractivity contribution in [1.82, 2.24) is 19.9 Å². The molecule has 0 radical (unpaired) electrons. The first kappa shape index (κ1) is 18.2. The van der Waals surface area contributed by atoms with Crippen LogP contribution in [0.25, 0.3) is 10.6 Å². The van der Waals surface area contributed by atoms with Crippen molar-refractivity contribution in [2.24, 2.45) is 0 Å². The Bertz CT molecular complexity index is 947. The standard InChI is InChI=1S/C19H19ClN4O2S/c1-13-9-16(26-22-13)11-23-5-7-24(8-6-23)19(25)17-12-27-18(21-17)14-3-2-4-15(20)10-14/h2-4,9-10,12H,5-8,11H2,1H3. The van der Waals surface area contributed by atoms with Crippen LogP contribution in [0.15, 0.2) is 40.2 Å². The predicted octanol–water partition coefficient (Wildman–Crippen LogP) is 3.72. The second kappa shape index (κ2) is 7.80. The van der Waals surface area contributed by atoms with Gasteiger partial charge in [-0.3, -0.25) is 9.69 Å². The molecule has 1 aliphatic heterocycles.